The number of carbonyl (C=O) groups excluding carboxylic acids is 1. The van der Waals surface area contributed by atoms with Crippen molar-refractivity contribution in [2.24, 2.45) is 7.05 Å². The van der Waals surface area contributed by atoms with E-state index in [2.05, 4.69) is 15.4 Å². The Morgan fingerprint density at radius 3 is 2.58 bits per heavy atom. The largest absolute Gasteiger partial charge is 0.326 e. The van der Waals surface area contributed by atoms with E-state index in [4.69, 9.17) is 11.6 Å². The molecule has 0 saturated carbocycles. The van der Waals surface area contributed by atoms with E-state index < -0.39 is 0 Å². The molecular formula is C23H22ClN5O2. The van der Waals surface area contributed by atoms with Gasteiger partial charge in [-0.15, -0.1) is 5.10 Å². The third-order valence-electron chi connectivity index (χ3n) is 5.29. The number of fused-ring (bicyclic) bond motifs is 1. The van der Waals surface area contributed by atoms with E-state index in [9.17, 15) is 9.59 Å². The van der Waals surface area contributed by atoms with Gasteiger partial charge in [0, 0.05) is 41.0 Å². The summed E-state index contributed by atoms with van der Waals surface area (Å²) in [5.74, 6) is 0.742. The average molecular weight is 436 g/mol. The Balaban J connectivity index is 1.61. The fourth-order valence-corrected chi connectivity index (χ4v) is 3.61. The van der Waals surface area contributed by atoms with Crippen molar-refractivity contribution in [2.45, 2.75) is 26.7 Å². The molecule has 4 rings (SSSR count). The number of nitrogens with one attached hydrogen (secondary N) is 1. The molecule has 0 saturated heterocycles. The molecule has 0 aliphatic heterocycles. The molecule has 0 unspecified atom stereocenters. The number of aromatic nitrogens is 4. The van der Waals surface area contributed by atoms with Gasteiger partial charge in [0.2, 0.25) is 11.7 Å². The number of anilines is 1. The van der Waals surface area contributed by atoms with Crippen molar-refractivity contribution in [1.29, 1.82) is 0 Å². The van der Waals surface area contributed by atoms with Gasteiger partial charge in [0.1, 0.15) is 0 Å². The van der Waals surface area contributed by atoms with Crippen molar-refractivity contribution in [3.05, 3.63) is 80.7 Å². The van der Waals surface area contributed by atoms with Crippen LogP contribution in [-0.4, -0.2) is 25.1 Å². The minimum absolute atomic E-state index is 0.146. The van der Waals surface area contributed by atoms with Crippen LogP contribution >= 0.6 is 11.6 Å². The fourth-order valence-electron chi connectivity index (χ4n) is 3.49. The van der Waals surface area contributed by atoms with E-state index in [1.807, 2.05) is 61.9 Å². The van der Waals surface area contributed by atoms with Crippen LogP contribution in [0.3, 0.4) is 0 Å². The minimum atomic E-state index is -0.262. The molecule has 158 valence electrons. The van der Waals surface area contributed by atoms with E-state index in [1.165, 1.54) is 4.52 Å². The van der Waals surface area contributed by atoms with Gasteiger partial charge in [-0.1, -0.05) is 23.7 Å². The number of carbonyl (C=O) groups is 1. The summed E-state index contributed by atoms with van der Waals surface area (Å²) >= 11 is 5.96. The van der Waals surface area contributed by atoms with Crippen LogP contribution in [-0.2, 0) is 18.3 Å². The molecule has 2 heterocycles. The molecule has 1 N–H and O–H groups in total. The first-order valence-corrected chi connectivity index (χ1v) is 10.3. The molecule has 0 radical (unpaired) electrons. The van der Waals surface area contributed by atoms with Gasteiger partial charge in [-0.3, -0.25) is 9.59 Å². The second kappa shape index (κ2) is 8.35. The third-order valence-corrected chi connectivity index (χ3v) is 5.54. The lowest BCUT2D eigenvalue weighted by atomic mass is 10.1. The Morgan fingerprint density at radius 1 is 1.13 bits per heavy atom. The maximum Gasteiger partial charge on any atom is 0.279 e. The number of benzene rings is 2. The zero-order chi connectivity index (χ0) is 22.1. The number of aryl methyl sites for hydroxylation is 2. The first-order chi connectivity index (χ1) is 14.8. The minimum Gasteiger partial charge on any atom is -0.326 e. The van der Waals surface area contributed by atoms with E-state index in [0.717, 1.165) is 22.5 Å². The van der Waals surface area contributed by atoms with Gasteiger partial charge in [-0.05, 0) is 62.2 Å². The zero-order valence-electron chi connectivity index (χ0n) is 17.5. The first-order valence-electron chi connectivity index (χ1n) is 9.91. The van der Waals surface area contributed by atoms with Gasteiger partial charge in [0.05, 0.1) is 0 Å². The van der Waals surface area contributed by atoms with Crippen molar-refractivity contribution in [3.8, 4) is 11.4 Å². The summed E-state index contributed by atoms with van der Waals surface area (Å²) in [5, 5.41) is 7.90. The Morgan fingerprint density at radius 2 is 1.87 bits per heavy atom. The predicted molar refractivity (Wildman–Crippen MR) is 122 cm³/mol. The molecule has 31 heavy (non-hydrogen) atoms. The zero-order valence-corrected chi connectivity index (χ0v) is 18.3. The van der Waals surface area contributed by atoms with E-state index in [-0.39, 0.29) is 17.9 Å². The van der Waals surface area contributed by atoms with Gasteiger partial charge in [0.15, 0.2) is 5.82 Å². The van der Waals surface area contributed by atoms with Crippen LogP contribution in [0.1, 0.15) is 23.2 Å². The summed E-state index contributed by atoms with van der Waals surface area (Å²) in [7, 11) is 1.83. The van der Waals surface area contributed by atoms with Crippen LogP contribution in [0.5, 0.6) is 0 Å². The third kappa shape index (κ3) is 4.22. The van der Waals surface area contributed by atoms with Gasteiger partial charge in [0.25, 0.3) is 5.56 Å². The molecule has 2 aromatic heterocycles. The molecule has 2 aromatic carbocycles. The molecule has 8 heteroatoms. The first kappa shape index (κ1) is 20.8. The molecule has 0 aliphatic rings. The van der Waals surface area contributed by atoms with Crippen molar-refractivity contribution < 1.29 is 4.79 Å². The van der Waals surface area contributed by atoms with Crippen LogP contribution in [0, 0.1) is 13.8 Å². The highest BCUT2D eigenvalue weighted by atomic mass is 35.5. The molecule has 1 amide bonds. The Hall–Kier alpha value is -3.45. The second-order valence-corrected chi connectivity index (χ2v) is 7.94. The molecule has 0 atom stereocenters. The number of nitrogens with zero attached hydrogens (tertiary/aromatic N) is 4. The highest BCUT2D eigenvalue weighted by Gasteiger charge is 2.18. The topological polar surface area (TPSA) is 81.3 Å². The molecule has 7 nitrogen and oxygen atoms in total. The standard InChI is InChI=1S/C23H22ClN5O2/c1-14-5-4-6-18(13-14)25-20(30)12-11-19-15(2)28(3)23-26-21(27-29(23)22(19)31)16-7-9-17(24)10-8-16/h4-10,13H,11-12H2,1-3H3,(H,25,30). The monoisotopic (exact) mass is 435 g/mol. The molecule has 0 bridgehead atoms. The lowest BCUT2D eigenvalue weighted by Gasteiger charge is -2.11. The average Bonchev–Trinajstić information content (AvgIpc) is 3.18. The van der Waals surface area contributed by atoms with Crippen LogP contribution in [0.25, 0.3) is 17.2 Å². The SMILES string of the molecule is Cc1cccc(NC(=O)CCc2c(C)n(C)c3nc(-c4ccc(Cl)cc4)nn3c2=O)c1. The molecule has 0 spiro atoms. The fraction of sp³-hybridized carbons (Fsp3) is 0.217. The highest BCUT2D eigenvalue weighted by molar-refractivity contribution is 6.30. The normalized spacial score (nSPS) is 11.1. The maximum atomic E-state index is 13.1. The number of hydrogen-bond donors (Lipinski definition) is 1. The van der Waals surface area contributed by atoms with Crippen molar-refractivity contribution in [1.82, 2.24) is 19.2 Å². The number of hydrogen-bond acceptors (Lipinski definition) is 4. The molecule has 0 fully saturated rings. The second-order valence-electron chi connectivity index (χ2n) is 7.50. The molecular weight excluding hydrogens is 414 g/mol. The van der Waals surface area contributed by atoms with Gasteiger partial charge in [-0.2, -0.15) is 9.50 Å². The number of rotatable bonds is 5. The summed E-state index contributed by atoms with van der Waals surface area (Å²) < 4.78 is 3.12. The van der Waals surface area contributed by atoms with Crippen molar-refractivity contribution in [2.75, 3.05) is 5.32 Å². The number of amides is 1. The van der Waals surface area contributed by atoms with Crippen LogP contribution in [0.4, 0.5) is 5.69 Å². The van der Waals surface area contributed by atoms with Crippen molar-refractivity contribution in [3.63, 3.8) is 0 Å². The predicted octanol–water partition coefficient (Wildman–Crippen LogP) is 3.94. The molecule has 4 aromatic rings. The summed E-state index contributed by atoms with van der Waals surface area (Å²) in [4.78, 5) is 30.1. The van der Waals surface area contributed by atoms with Gasteiger partial charge >= 0.3 is 0 Å². The van der Waals surface area contributed by atoms with Gasteiger partial charge in [-0.25, -0.2) is 0 Å². The van der Waals surface area contributed by atoms with E-state index in [1.54, 1.807) is 12.1 Å². The Kier molecular flexibility index (Phi) is 5.61. The quantitative estimate of drug-likeness (QED) is 0.515. The maximum absolute atomic E-state index is 13.1. The lowest BCUT2D eigenvalue weighted by molar-refractivity contribution is -0.116. The van der Waals surface area contributed by atoms with E-state index >= 15 is 0 Å². The smallest absolute Gasteiger partial charge is 0.279 e. The summed E-state index contributed by atoms with van der Waals surface area (Å²) in [5.41, 5.74) is 3.62. The summed E-state index contributed by atoms with van der Waals surface area (Å²) in [6, 6.07) is 14.7. The lowest BCUT2D eigenvalue weighted by Crippen LogP contribution is -2.26. The van der Waals surface area contributed by atoms with E-state index in [0.29, 0.717) is 28.6 Å². The summed E-state index contributed by atoms with van der Waals surface area (Å²) in [6.45, 7) is 3.82. The summed E-state index contributed by atoms with van der Waals surface area (Å²) in [6.07, 6.45) is 0.497. The number of halogens is 1. The molecule has 0 aliphatic carbocycles. The van der Waals surface area contributed by atoms with Crippen LogP contribution in [0.15, 0.2) is 53.3 Å². The van der Waals surface area contributed by atoms with Crippen molar-refractivity contribution >= 4 is 29.0 Å². The van der Waals surface area contributed by atoms with Crippen LogP contribution < -0.4 is 10.9 Å². The Bertz CT molecular complexity index is 1340. The van der Waals surface area contributed by atoms with Crippen LogP contribution in [0.2, 0.25) is 5.02 Å². The van der Waals surface area contributed by atoms with Gasteiger partial charge < -0.3 is 9.88 Å². The Labute approximate surface area is 184 Å². The highest BCUT2D eigenvalue weighted by Crippen LogP contribution is 2.19.